The Labute approximate surface area is 124 Å². The maximum atomic E-state index is 12.9. The van der Waals surface area contributed by atoms with E-state index in [0.29, 0.717) is 6.42 Å². The van der Waals surface area contributed by atoms with E-state index in [0.717, 1.165) is 23.4 Å². The summed E-state index contributed by atoms with van der Waals surface area (Å²) in [6.45, 7) is 0.807. The molecule has 1 N–H and O–H groups in total. The summed E-state index contributed by atoms with van der Waals surface area (Å²) in [5, 5.41) is 8.73. The predicted octanol–water partition coefficient (Wildman–Crippen LogP) is 3.20. The molecular weight excluding hydrogens is 265 g/mol. The van der Waals surface area contributed by atoms with Gasteiger partial charge in [0.1, 0.15) is 5.82 Å². The molecule has 0 radical (unpaired) electrons. The van der Waals surface area contributed by atoms with Gasteiger partial charge < -0.3 is 10.0 Å². The van der Waals surface area contributed by atoms with Crippen LogP contribution in [0.4, 0.5) is 10.1 Å². The summed E-state index contributed by atoms with van der Waals surface area (Å²) in [5.41, 5.74) is 3.04. The lowest BCUT2D eigenvalue weighted by Crippen LogP contribution is -2.16. The first-order valence-corrected chi connectivity index (χ1v) is 6.84. The minimum Gasteiger partial charge on any atom is -0.395 e. The molecule has 2 aromatic carbocycles. The molecule has 2 aromatic rings. The zero-order chi connectivity index (χ0) is 15.1. The first-order valence-electron chi connectivity index (χ1n) is 6.84. The van der Waals surface area contributed by atoms with Crippen molar-refractivity contribution in [3.63, 3.8) is 0 Å². The van der Waals surface area contributed by atoms with Crippen LogP contribution in [-0.4, -0.2) is 18.8 Å². The van der Waals surface area contributed by atoms with Crippen molar-refractivity contribution in [3.8, 4) is 11.8 Å². The monoisotopic (exact) mass is 283 g/mol. The summed E-state index contributed by atoms with van der Waals surface area (Å²) in [4.78, 5) is 2.06. The molecule has 0 heterocycles. The molecule has 0 aliphatic rings. The molecule has 21 heavy (non-hydrogen) atoms. The van der Waals surface area contributed by atoms with Crippen molar-refractivity contribution in [2.75, 3.05) is 18.6 Å². The molecule has 0 saturated heterocycles. The highest BCUT2D eigenvalue weighted by Crippen LogP contribution is 2.16. The van der Waals surface area contributed by atoms with Gasteiger partial charge in [0.05, 0.1) is 6.61 Å². The maximum Gasteiger partial charge on any atom is 0.123 e. The van der Waals surface area contributed by atoms with E-state index < -0.39 is 0 Å². The summed E-state index contributed by atoms with van der Waals surface area (Å²) < 4.78 is 12.9. The second-order valence-electron chi connectivity index (χ2n) is 4.81. The average molecular weight is 283 g/mol. The van der Waals surface area contributed by atoms with E-state index in [4.69, 9.17) is 5.11 Å². The van der Waals surface area contributed by atoms with E-state index in [-0.39, 0.29) is 12.4 Å². The van der Waals surface area contributed by atoms with Crippen molar-refractivity contribution in [2.45, 2.75) is 13.0 Å². The molecule has 108 valence electrons. The van der Waals surface area contributed by atoms with Crippen molar-refractivity contribution < 1.29 is 9.50 Å². The second-order valence-corrected chi connectivity index (χ2v) is 4.81. The van der Waals surface area contributed by atoms with Crippen LogP contribution in [0.25, 0.3) is 0 Å². The van der Waals surface area contributed by atoms with Crippen molar-refractivity contribution in [2.24, 2.45) is 0 Å². The van der Waals surface area contributed by atoms with Crippen LogP contribution < -0.4 is 4.90 Å². The summed E-state index contributed by atoms with van der Waals surface area (Å²) >= 11 is 0. The SMILES string of the molecule is CN(Cc1cccc(C#CCCO)c1)c1ccc(F)cc1. The number of anilines is 1. The number of hydrogen-bond donors (Lipinski definition) is 1. The van der Waals surface area contributed by atoms with Gasteiger partial charge in [0.25, 0.3) is 0 Å². The number of aliphatic hydroxyl groups excluding tert-OH is 1. The van der Waals surface area contributed by atoms with Gasteiger partial charge in [0.15, 0.2) is 0 Å². The molecule has 0 aliphatic carbocycles. The fourth-order valence-corrected chi connectivity index (χ4v) is 2.03. The second kappa shape index (κ2) is 7.47. The molecule has 3 heteroatoms. The summed E-state index contributed by atoms with van der Waals surface area (Å²) in [6.07, 6.45) is 0.486. The van der Waals surface area contributed by atoms with Crippen LogP contribution in [0.15, 0.2) is 48.5 Å². The van der Waals surface area contributed by atoms with Crippen LogP contribution in [0.3, 0.4) is 0 Å². The first kappa shape index (κ1) is 15.1. The fraction of sp³-hybridized carbons (Fsp3) is 0.222. The standard InChI is InChI=1S/C18H18FNO/c1-20(18-10-8-17(19)9-11-18)14-16-7-4-6-15(13-16)5-2-3-12-21/h4,6-11,13,21H,3,12,14H2,1H3. The summed E-state index contributed by atoms with van der Waals surface area (Å²) in [6, 6.07) is 14.4. The molecule has 0 unspecified atom stereocenters. The Bertz CT molecular complexity index is 640. The van der Waals surface area contributed by atoms with E-state index in [9.17, 15) is 4.39 Å². The zero-order valence-corrected chi connectivity index (χ0v) is 12.0. The number of nitrogens with zero attached hydrogens (tertiary/aromatic N) is 1. The molecule has 0 atom stereocenters. The number of halogens is 1. The van der Waals surface area contributed by atoms with E-state index in [1.54, 1.807) is 12.1 Å². The third-order valence-corrected chi connectivity index (χ3v) is 3.08. The highest BCUT2D eigenvalue weighted by molar-refractivity contribution is 5.47. The summed E-state index contributed by atoms with van der Waals surface area (Å²) in [5.74, 6) is 5.71. The van der Waals surface area contributed by atoms with E-state index in [1.165, 1.54) is 12.1 Å². The molecule has 0 saturated carbocycles. The Balaban J connectivity index is 2.07. The Morgan fingerprint density at radius 2 is 1.90 bits per heavy atom. The van der Waals surface area contributed by atoms with Gasteiger partial charge in [-0.1, -0.05) is 24.0 Å². The minimum absolute atomic E-state index is 0.0833. The van der Waals surface area contributed by atoms with E-state index in [2.05, 4.69) is 16.7 Å². The zero-order valence-electron chi connectivity index (χ0n) is 12.0. The average Bonchev–Trinajstić information content (AvgIpc) is 2.48. The number of benzene rings is 2. The lowest BCUT2D eigenvalue weighted by molar-refractivity contribution is 0.305. The molecule has 0 amide bonds. The van der Waals surface area contributed by atoms with Crippen molar-refractivity contribution in [1.82, 2.24) is 0 Å². The molecule has 0 aromatic heterocycles. The van der Waals surface area contributed by atoms with E-state index in [1.807, 2.05) is 31.3 Å². The Hall–Kier alpha value is -2.31. The van der Waals surface area contributed by atoms with E-state index >= 15 is 0 Å². The lowest BCUT2D eigenvalue weighted by atomic mass is 10.1. The molecule has 0 spiro atoms. The third kappa shape index (κ3) is 4.62. The van der Waals surface area contributed by atoms with Crippen LogP contribution in [-0.2, 0) is 6.54 Å². The smallest absolute Gasteiger partial charge is 0.123 e. The molecule has 0 bridgehead atoms. The van der Waals surface area contributed by atoms with Gasteiger partial charge in [-0.15, -0.1) is 0 Å². The van der Waals surface area contributed by atoms with Gasteiger partial charge in [-0.25, -0.2) is 4.39 Å². The van der Waals surface area contributed by atoms with Crippen LogP contribution in [0, 0.1) is 17.7 Å². The topological polar surface area (TPSA) is 23.5 Å². The Kier molecular flexibility index (Phi) is 5.36. The Morgan fingerprint density at radius 3 is 2.62 bits per heavy atom. The number of hydrogen-bond acceptors (Lipinski definition) is 2. The molecule has 2 nitrogen and oxygen atoms in total. The maximum absolute atomic E-state index is 12.9. The molecular formula is C18H18FNO. The van der Waals surface area contributed by atoms with Gasteiger partial charge in [-0.05, 0) is 42.0 Å². The highest BCUT2D eigenvalue weighted by Gasteiger charge is 2.03. The van der Waals surface area contributed by atoms with Crippen LogP contribution in [0.1, 0.15) is 17.5 Å². The van der Waals surface area contributed by atoms with Crippen molar-refractivity contribution in [1.29, 1.82) is 0 Å². The predicted molar refractivity (Wildman–Crippen MR) is 83.5 cm³/mol. The van der Waals surface area contributed by atoms with Gasteiger partial charge in [0, 0.05) is 31.3 Å². The molecule has 2 rings (SSSR count). The van der Waals surface area contributed by atoms with Gasteiger partial charge in [-0.3, -0.25) is 0 Å². The van der Waals surface area contributed by atoms with Crippen molar-refractivity contribution >= 4 is 5.69 Å². The minimum atomic E-state index is -0.228. The Morgan fingerprint density at radius 1 is 1.14 bits per heavy atom. The fourth-order valence-electron chi connectivity index (χ4n) is 2.03. The number of aliphatic hydroxyl groups is 1. The van der Waals surface area contributed by atoms with Crippen LogP contribution >= 0.6 is 0 Å². The van der Waals surface area contributed by atoms with Crippen molar-refractivity contribution in [3.05, 3.63) is 65.5 Å². The van der Waals surface area contributed by atoms with Crippen LogP contribution in [0.2, 0.25) is 0 Å². The quantitative estimate of drug-likeness (QED) is 0.871. The first-order chi connectivity index (χ1) is 10.2. The van der Waals surface area contributed by atoms with Gasteiger partial charge >= 0.3 is 0 Å². The number of rotatable bonds is 4. The largest absolute Gasteiger partial charge is 0.395 e. The molecule has 0 aliphatic heterocycles. The van der Waals surface area contributed by atoms with Gasteiger partial charge in [0.2, 0.25) is 0 Å². The lowest BCUT2D eigenvalue weighted by Gasteiger charge is -2.19. The highest BCUT2D eigenvalue weighted by atomic mass is 19.1. The normalized spacial score (nSPS) is 9.86. The molecule has 0 fully saturated rings. The van der Waals surface area contributed by atoms with Crippen LogP contribution in [0.5, 0.6) is 0 Å². The summed E-state index contributed by atoms with van der Waals surface area (Å²) in [7, 11) is 1.97. The van der Waals surface area contributed by atoms with Gasteiger partial charge in [-0.2, -0.15) is 0 Å². The third-order valence-electron chi connectivity index (χ3n) is 3.08.